The van der Waals surface area contributed by atoms with E-state index in [1.807, 2.05) is 29.0 Å². The van der Waals surface area contributed by atoms with Crippen LogP contribution in [0.5, 0.6) is 0 Å². The van der Waals surface area contributed by atoms with Gasteiger partial charge >= 0.3 is 0 Å². The summed E-state index contributed by atoms with van der Waals surface area (Å²) in [5.41, 5.74) is 0.879. The summed E-state index contributed by atoms with van der Waals surface area (Å²) < 4.78 is 5.48. The number of hydrogen-bond acceptors (Lipinski definition) is 6. The molecule has 0 aliphatic carbocycles. The van der Waals surface area contributed by atoms with E-state index in [1.165, 1.54) is 16.2 Å². The average Bonchev–Trinajstić information content (AvgIpc) is 3.42. The maximum absolute atomic E-state index is 12.8. The fraction of sp³-hybridized carbons (Fsp3) is 0.333. The number of amides is 1. The molecule has 0 unspecified atom stereocenters. The van der Waals surface area contributed by atoms with Crippen molar-refractivity contribution in [3.05, 3.63) is 50.3 Å². The molecule has 7 heteroatoms. The number of thiophene rings is 2. The van der Waals surface area contributed by atoms with Crippen LogP contribution in [-0.2, 0) is 4.74 Å². The molecule has 0 saturated carbocycles. The van der Waals surface area contributed by atoms with Gasteiger partial charge in [0.2, 0.25) is 0 Å². The van der Waals surface area contributed by atoms with Gasteiger partial charge in [-0.05, 0) is 41.7 Å². The van der Waals surface area contributed by atoms with E-state index in [1.54, 1.807) is 22.7 Å². The zero-order valence-electron chi connectivity index (χ0n) is 13.5. The summed E-state index contributed by atoms with van der Waals surface area (Å²) in [4.78, 5) is 19.6. The van der Waals surface area contributed by atoms with Crippen molar-refractivity contribution in [2.24, 2.45) is 5.92 Å². The molecule has 1 aliphatic heterocycles. The second kappa shape index (κ2) is 7.78. The second-order valence-electron chi connectivity index (χ2n) is 5.93. The molecule has 1 N–H and O–H groups in total. The smallest absolute Gasteiger partial charge is 0.280 e. The van der Waals surface area contributed by atoms with Gasteiger partial charge in [-0.2, -0.15) is 0 Å². The highest BCUT2D eigenvalue weighted by Gasteiger charge is 2.28. The molecule has 4 nitrogen and oxygen atoms in total. The number of carbonyl (C=O) groups is 1. The number of nitrogens with zero attached hydrogens (tertiary/aromatic N) is 1. The molecule has 130 valence electrons. The number of thiazole rings is 1. The summed E-state index contributed by atoms with van der Waals surface area (Å²) in [6.45, 7) is 1.53. The lowest BCUT2D eigenvalue weighted by Crippen LogP contribution is -2.35. The molecule has 0 spiro atoms. The van der Waals surface area contributed by atoms with E-state index in [4.69, 9.17) is 4.74 Å². The Morgan fingerprint density at radius 1 is 1.16 bits per heavy atom. The standard InChI is InChI=1S/C18H18N2O2S3/c21-17(18-19-13(11-25-18)14-3-1-9-23-14)20-16(15-4-2-10-24-15)12-5-7-22-8-6-12/h1-4,9-12,16H,5-8H2,(H,20,21)/t16-/m0/s1. The Bertz CT molecular complexity index is 805. The first-order valence-electron chi connectivity index (χ1n) is 8.22. The summed E-state index contributed by atoms with van der Waals surface area (Å²) in [5, 5.41) is 9.79. The van der Waals surface area contributed by atoms with Gasteiger partial charge in [-0.15, -0.1) is 34.0 Å². The zero-order valence-corrected chi connectivity index (χ0v) is 16.0. The number of aromatic nitrogens is 1. The van der Waals surface area contributed by atoms with Crippen LogP contribution in [-0.4, -0.2) is 24.1 Å². The second-order valence-corrected chi connectivity index (χ2v) is 8.72. The minimum atomic E-state index is -0.0855. The molecule has 0 aromatic carbocycles. The van der Waals surface area contributed by atoms with Gasteiger partial charge in [0.15, 0.2) is 5.01 Å². The molecule has 0 radical (unpaired) electrons. The van der Waals surface area contributed by atoms with Crippen LogP contribution in [0.1, 0.15) is 33.6 Å². The normalized spacial score (nSPS) is 16.6. The number of rotatable bonds is 5. The van der Waals surface area contributed by atoms with Gasteiger partial charge in [0.25, 0.3) is 5.91 Å². The Balaban J connectivity index is 1.52. The highest BCUT2D eigenvalue weighted by atomic mass is 32.1. The summed E-state index contributed by atoms with van der Waals surface area (Å²) >= 11 is 4.73. The predicted octanol–water partition coefficient (Wildman–Crippen LogP) is 4.83. The van der Waals surface area contributed by atoms with Gasteiger partial charge in [0.1, 0.15) is 0 Å². The minimum Gasteiger partial charge on any atom is -0.381 e. The fourth-order valence-corrected chi connectivity index (χ4v) is 5.41. The van der Waals surface area contributed by atoms with Gasteiger partial charge in [-0.3, -0.25) is 4.79 Å². The molecule has 0 bridgehead atoms. The van der Waals surface area contributed by atoms with E-state index in [2.05, 4.69) is 21.7 Å². The molecule has 3 aromatic rings. The molecular weight excluding hydrogens is 372 g/mol. The Labute approximate surface area is 158 Å². The Morgan fingerprint density at radius 2 is 1.96 bits per heavy atom. The van der Waals surface area contributed by atoms with Crippen LogP contribution in [0.15, 0.2) is 40.4 Å². The Hall–Kier alpha value is -1.54. The molecule has 4 heterocycles. The molecule has 1 fully saturated rings. The topological polar surface area (TPSA) is 51.2 Å². The first-order chi connectivity index (χ1) is 12.3. The molecule has 1 atom stereocenters. The van der Waals surface area contributed by atoms with E-state index in [0.717, 1.165) is 36.6 Å². The first kappa shape index (κ1) is 16.9. The number of hydrogen-bond donors (Lipinski definition) is 1. The van der Waals surface area contributed by atoms with Crippen LogP contribution >= 0.6 is 34.0 Å². The molecule has 1 saturated heterocycles. The Morgan fingerprint density at radius 3 is 2.68 bits per heavy atom. The van der Waals surface area contributed by atoms with Crippen molar-refractivity contribution < 1.29 is 9.53 Å². The molecule has 25 heavy (non-hydrogen) atoms. The van der Waals surface area contributed by atoms with E-state index >= 15 is 0 Å². The zero-order chi connectivity index (χ0) is 17.1. The third-order valence-electron chi connectivity index (χ3n) is 4.35. The fourth-order valence-electron chi connectivity index (χ4n) is 3.06. The third kappa shape index (κ3) is 3.84. The maximum atomic E-state index is 12.8. The maximum Gasteiger partial charge on any atom is 0.280 e. The highest BCUT2D eigenvalue weighted by Crippen LogP contribution is 2.33. The van der Waals surface area contributed by atoms with Crippen LogP contribution in [0.4, 0.5) is 0 Å². The van der Waals surface area contributed by atoms with Crippen molar-refractivity contribution in [2.45, 2.75) is 18.9 Å². The van der Waals surface area contributed by atoms with Crippen molar-refractivity contribution in [3.63, 3.8) is 0 Å². The lowest BCUT2D eigenvalue weighted by atomic mass is 9.90. The number of ether oxygens (including phenoxy) is 1. The van der Waals surface area contributed by atoms with Crippen LogP contribution in [0, 0.1) is 5.92 Å². The summed E-state index contributed by atoms with van der Waals surface area (Å²) in [6, 6.07) is 8.20. The number of nitrogens with one attached hydrogen (secondary N) is 1. The SMILES string of the molecule is O=C(N[C@H](c1cccs1)C1CCOCC1)c1nc(-c2cccs2)cs1. The molecule has 1 aliphatic rings. The summed E-state index contributed by atoms with van der Waals surface area (Å²) in [5.74, 6) is 0.325. The highest BCUT2D eigenvalue weighted by molar-refractivity contribution is 7.15. The van der Waals surface area contributed by atoms with Crippen molar-refractivity contribution >= 4 is 39.9 Å². The third-order valence-corrected chi connectivity index (χ3v) is 7.03. The van der Waals surface area contributed by atoms with E-state index < -0.39 is 0 Å². The lowest BCUT2D eigenvalue weighted by molar-refractivity contribution is 0.0518. The van der Waals surface area contributed by atoms with Crippen LogP contribution in [0.2, 0.25) is 0 Å². The summed E-state index contributed by atoms with van der Waals surface area (Å²) in [6.07, 6.45) is 1.95. The van der Waals surface area contributed by atoms with Gasteiger partial charge in [0.05, 0.1) is 16.6 Å². The average molecular weight is 391 g/mol. The van der Waals surface area contributed by atoms with E-state index in [0.29, 0.717) is 10.9 Å². The lowest BCUT2D eigenvalue weighted by Gasteiger charge is -2.30. The molecule has 1 amide bonds. The van der Waals surface area contributed by atoms with Gasteiger partial charge in [0, 0.05) is 23.5 Å². The van der Waals surface area contributed by atoms with Crippen molar-refractivity contribution in [1.82, 2.24) is 10.3 Å². The predicted molar refractivity (Wildman–Crippen MR) is 103 cm³/mol. The van der Waals surface area contributed by atoms with Crippen molar-refractivity contribution in [3.8, 4) is 10.6 Å². The van der Waals surface area contributed by atoms with Crippen LogP contribution < -0.4 is 5.32 Å². The summed E-state index contributed by atoms with van der Waals surface area (Å²) in [7, 11) is 0. The largest absolute Gasteiger partial charge is 0.381 e. The minimum absolute atomic E-state index is 0.0329. The molecule has 4 rings (SSSR count). The molecule has 3 aromatic heterocycles. The van der Waals surface area contributed by atoms with E-state index in [9.17, 15) is 4.79 Å². The van der Waals surface area contributed by atoms with E-state index in [-0.39, 0.29) is 11.9 Å². The van der Waals surface area contributed by atoms with Gasteiger partial charge < -0.3 is 10.1 Å². The van der Waals surface area contributed by atoms with Crippen LogP contribution in [0.25, 0.3) is 10.6 Å². The number of carbonyl (C=O) groups excluding carboxylic acids is 1. The monoisotopic (exact) mass is 390 g/mol. The van der Waals surface area contributed by atoms with Crippen molar-refractivity contribution in [2.75, 3.05) is 13.2 Å². The molecular formula is C18H18N2O2S3. The Kier molecular flexibility index (Phi) is 5.26. The van der Waals surface area contributed by atoms with Gasteiger partial charge in [-0.25, -0.2) is 4.98 Å². The first-order valence-corrected chi connectivity index (χ1v) is 10.9. The van der Waals surface area contributed by atoms with Crippen LogP contribution in [0.3, 0.4) is 0 Å². The van der Waals surface area contributed by atoms with Gasteiger partial charge in [-0.1, -0.05) is 12.1 Å². The quantitative estimate of drug-likeness (QED) is 0.679. The van der Waals surface area contributed by atoms with Crippen molar-refractivity contribution in [1.29, 1.82) is 0 Å².